The van der Waals surface area contributed by atoms with Gasteiger partial charge in [0, 0.05) is 38.3 Å². The summed E-state index contributed by atoms with van der Waals surface area (Å²) in [5.41, 5.74) is 1.23. The smallest absolute Gasteiger partial charge is 0.410 e. The normalized spacial score (nSPS) is 21.1. The lowest BCUT2D eigenvalue weighted by molar-refractivity contribution is 0.0611. The molecule has 7 heteroatoms. The van der Waals surface area contributed by atoms with Gasteiger partial charge >= 0.3 is 6.09 Å². The third kappa shape index (κ3) is 1.93. The maximum Gasteiger partial charge on any atom is 0.410 e. The summed E-state index contributed by atoms with van der Waals surface area (Å²) in [5, 5.41) is 1.01. The average Bonchev–Trinajstić information content (AvgIpc) is 3.10. The average molecular weight is 300 g/mol. The molecule has 4 rings (SSSR count). The van der Waals surface area contributed by atoms with Crippen LogP contribution in [-0.2, 0) is 11.8 Å². The van der Waals surface area contributed by atoms with Crippen molar-refractivity contribution < 1.29 is 14.3 Å². The molecule has 2 amide bonds. The molecule has 2 aromatic heterocycles. The zero-order valence-electron chi connectivity index (χ0n) is 12.2. The summed E-state index contributed by atoms with van der Waals surface area (Å²) in [6, 6.07) is 5.60. The van der Waals surface area contributed by atoms with Crippen LogP contribution in [0, 0.1) is 0 Å². The van der Waals surface area contributed by atoms with Gasteiger partial charge in [-0.25, -0.2) is 9.78 Å². The molecule has 2 fully saturated rings. The predicted molar refractivity (Wildman–Crippen MR) is 78.5 cm³/mol. The lowest BCUT2D eigenvalue weighted by Gasteiger charge is -2.35. The summed E-state index contributed by atoms with van der Waals surface area (Å²) < 4.78 is 6.92. The second kappa shape index (κ2) is 4.72. The molecular formula is C15H16N4O3. The van der Waals surface area contributed by atoms with E-state index in [9.17, 15) is 9.59 Å². The van der Waals surface area contributed by atoms with Gasteiger partial charge in [-0.3, -0.25) is 9.69 Å². The second-order valence-corrected chi connectivity index (χ2v) is 5.71. The van der Waals surface area contributed by atoms with Crippen LogP contribution in [0.2, 0.25) is 0 Å². The summed E-state index contributed by atoms with van der Waals surface area (Å²) in [5.74, 6) is -0.0953. The number of nitrogens with zero attached hydrogens (tertiary/aromatic N) is 4. The predicted octanol–water partition coefficient (Wildman–Crippen LogP) is 0.850. The number of carbonyl (C=O) groups is 2. The number of rotatable bonds is 1. The second-order valence-electron chi connectivity index (χ2n) is 5.71. The number of hydrogen-bond acceptors (Lipinski definition) is 4. The number of fused-ring (bicyclic) bond motifs is 2. The van der Waals surface area contributed by atoms with Crippen molar-refractivity contribution in [1.82, 2.24) is 19.4 Å². The van der Waals surface area contributed by atoms with Crippen molar-refractivity contribution in [2.24, 2.45) is 7.05 Å². The Balaban J connectivity index is 1.58. The van der Waals surface area contributed by atoms with Crippen LogP contribution in [0.25, 0.3) is 11.0 Å². The summed E-state index contributed by atoms with van der Waals surface area (Å²) >= 11 is 0. The molecule has 0 spiro atoms. The van der Waals surface area contributed by atoms with Gasteiger partial charge in [-0.15, -0.1) is 0 Å². The first-order chi connectivity index (χ1) is 10.6. The van der Waals surface area contributed by atoms with Crippen molar-refractivity contribution in [1.29, 1.82) is 0 Å². The largest absolute Gasteiger partial charge is 0.447 e. The number of pyridine rings is 1. The molecule has 4 heterocycles. The van der Waals surface area contributed by atoms with Gasteiger partial charge in [-0.05, 0) is 18.2 Å². The molecular weight excluding hydrogens is 284 g/mol. The van der Waals surface area contributed by atoms with E-state index in [1.807, 2.05) is 29.9 Å². The molecule has 2 aliphatic heterocycles. The standard InChI is InChI=1S/C15H16N4O3/c1-17-5-4-10-2-3-12(16-13(10)17)14(20)18-6-7-19-11(8-18)9-22-15(19)21/h2-5,11H,6-9H2,1H3. The Morgan fingerprint density at radius 3 is 3.05 bits per heavy atom. The van der Waals surface area contributed by atoms with Crippen LogP contribution < -0.4 is 0 Å². The van der Waals surface area contributed by atoms with Crippen LogP contribution >= 0.6 is 0 Å². The van der Waals surface area contributed by atoms with Crippen LogP contribution in [0.1, 0.15) is 10.5 Å². The molecule has 2 aromatic rings. The van der Waals surface area contributed by atoms with Crippen molar-refractivity contribution in [3.63, 3.8) is 0 Å². The topological polar surface area (TPSA) is 67.7 Å². The van der Waals surface area contributed by atoms with Gasteiger partial charge in [0.2, 0.25) is 0 Å². The number of carbonyl (C=O) groups excluding carboxylic acids is 2. The summed E-state index contributed by atoms with van der Waals surface area (Å²) in [6.45, 7) is 1.88. The van der Waals surface area contributed by atoms with Crippen LogP contribution in [-0.4, -0.2) is 63.6 Å². The van der Waals surface area contributed by atoms with E-state index in [0.29, 0.717) is 31.9 Å². The highest BCUT2D eigenvalue weighted by Crippen LogP contribution is 2.20. The molecule has 114 valence electrons. The molecule has 0 bridgehead atoms. The van der Waals surface area contributed by atoms with Gasteiger partial charge < -0.3 is 14.2 Å². The minimum Gasteiger partial charge on any atom is -0.447 e. The molecule has 1 unspecified atom stereocenters. The van der Waals surface area contributed by atoms with Crippen LogP contribution in [0.3, 0.4) is 0 Å². The van der Waals surface area contributed by atoms with Crippen LogP contribution in [0.15, 0.2) is 24.4 Å². The summed E-state index contributed by atoms with van der Waals surface area (Å²) in [6.07, 6.45) is 1.65. The van der Waals surface area contributed by atoms with E-state index in [4.69, 9.17) is 4.74 Å². The monoisotopic (exact) mass is 300 g/mol. The van der Waals surface area contributed by atoms with Crippen molar-refractivity contribution >= 4 is 23.0 Å². The molecule has 7 nitrogen and oxygen atoms in total. The molecule has 22 heavy (non-hydrogen) atoms. The Bertz CT molecular complexity index is 769. The Morgan fingerprint density at radius 2 is 2.18 bits per heavy atom. The van der Waals surface area contributed by atoms with Crippen molar-refractivity contribution in [3.05, 3.63) is 30.1 Å². The van der Waals surface area contributed by atoms with Gasteiger partial charge in [-0.2, -0.15) is 0 Å². The van der Waals surface area contributed by atoms with Gasteiger partial charge in [0.1, 0.15) is 17.9 Å². The summed E-state index contributed by atoms with van der Waals surface area (Å²) in [7, 11) is 1.91. The van der Waals surface area contributed by atoms with Crippen molar-refractivity contribution in [3.8, 4) is 0 Å². The van der Waals surface area contributed by atoms with E-state index >= 15 is 0 Å². The Hall–Kier alpha value is -2.57. The third-order valence-electron chi connectivity index (χ3n) is 4.34. The first-order valence-corrected chi connectivity index (χ1v) is 7.28. The van der Waals surface area contributed by atoms with E-state index in [1.165, 1.54) is 0 Å². The number of piperazine rings is 1. The lowest BCUT2D eigenvalue weighted by Crippen LogP contribution is -2.53. The van der Waals surface area contributed by atoms with E-state index in [2.05, 4.69) is 4.98 Å². The zero-order valence-corrected chi connectivity index (χ0v) is 12.2. The number of aromatic nitrogens is 2. The molecule has 0 aromatic carbocycles. The SMILES string of the molecule is Cn1ccc2ccc(C(=O)N3CCN4C(=O)OCC4C3)nc21. The third-order valence-corrected chi connectivity index (χ3v) is 4.34. The minimum atomic E-state index is -0.277. The van der Waals surface area contributed by atoms with Crippen LogP contribution in [0.5, 0.6) is 0 Å². The molecule has 0 N–H and O–H groups in total. The molecule has 2 aliphatic rings. The fourth-order valence-corrected chi connectivity index (χ4v) is 3.09. The fraction of sp³-hybridized carbons (Fsp3) is 0.400. The van der Waals surface area contributed by atoms with Crippen molar-refractivity contribution in [2.75, 3.05) is 26.2 Å². The summed E-state index contributed by atoms with van der Waals surface area (Å²) in [4.78, 5) is 32.1. The number of hydrogen-bond donors (Lipinski definition) is 0. The maximum absolute atomic E-state index is 12.7. The zero-order chi connectivity index (χ0) is 15.3. The molecule has 0 saturated carbocycles. The molecule has 0 aliphatic carbocycles. The van der Waals surface area contributed by atoms with E-state index in [1.54, 1.807) is 15.9 Å². The first-order valence-electron chi connectivity index (χ1n) is 7.28. The number of amides is 2. The Labute approximate surface area is 127 Å². The van der Waals surface area contributed by atoms with Gasteiger partial charge in [-0.1, -0.05) is 0 Å². The Morgan fingerprint density at radius 1 is 1.32 bits per heavy atom. The highest BCUT2D eigenvalue weighted by molar-refractivity contribution is 5.94. The Kier molecular flexibility index (Phi) is 2.82. The van der Waals surface area contributed by atoms with Gasteiger partial charge in [0.05, 0.1) is 6.04 Å². The molecule has 1 atom stereocenters. The van der Waals surface area contributed by atoms with Gasteiger partial charge in [0.15, 0.2) is 0 Å². The number of ether oxygens (including phenoxy) is 1. The highest BCUT2D eigenvalue weighted by atomic mass is 16.6. The number of aryl methyl sites for hydroxylation is 1. The minimum absolute atomic E-state index is 0.0380. The number of cyclic esters (lactones) is 1. The van der Waals surface area contributed by atoms with E-state index in [0.717, 1.165) is 11.0 Å². The quantitative estimate of drug-likeness (QED) is 0.783. The maximum atomic E-state index is 12.7. The molecule has 0 radical (unpaired) electrons. The van der Waals surface area contributed by atoms with Crippen LogP contribution in [0.4, 0.5) is 4.79 Å². The highest BCUT2D eigenvalue weighted by Gasteiger charge is 2.39. The van der Waals surface area contributed by atoms with Crippen molar-refractivity contribution in [2.45, 2.75) is 6.04 Å². The van der Waals surface area contributed by atoms with E-state index in [-0.39, 0.29) is 18.0 Å². The van der Waals surface area contributed by atoms with Gasteiger partial charge in [0.25, 0.3) is 5.91 Å². The lowest BCUT2D eigenvalue weighted by atomic mass is 10.2. The fourth-order valence-electron chi connectivity index (χ4n) is 3.09. The molecule has 2 saturated heterocycles. The van der Waals surface area contributed by atoms with E-state index < -0.39 is 0 Å². The first kappa shape index (κ1) is 13.1.